The Labute approximate surface area is 200 Å². The van der Waals surface area contributed by atoms with Gasteiger partial charge in [0.2, 0.25) is 5.91 Å². The Kier molecular flexibility index (Phi) is 6.14. The van der Waals surface area contributed by atoms with Crippen LogP contribution in [0.5, 0.6) is 11.5 Å². The Hall–Kier alpha value is -3.54. The van der Waals surface area contributed by atoms with Crippen molar-refractivity contribution < 1.29 is 14.3 Å². The Morgan fingerprint density at radius 3 is 2.71 bits per heavy atom. The van der Waals surface area contributed by atoms with E-state index in [9.17, 15) is 4.79 Å². The van der Waals surface area contributed by atoms with Crippen LogP contribution in [0.4, 0.5) is 0 Å². The second kappa shape index (κ2) is 9.37. The standard InChI is InChI=1S/C28H31N3O3/c1-19-17-30(18-29-19)26-12-9-20(15-27(26)34-3)14-22-7-5-13-31(28(22)32)25-8-4-6-21-10-11-23(33-2)16-24(21)25/h9-12,14-18,25H,4-8,13H2,1-3H3/t25-/m0/s1. The molecule has 1 aromatic heterocycles. The molecule has 0 radical (unpaired) electrons. The summed E-state index contributed by atoms with van der Waals surface area (Å²) in [6.45, 7) is 2.75. The van der Waals surface area contributed by atoms with E-state index in [1.807, 2.05) is 48.0 Å². The van der Waals surface area contributed by atoms with Gasteiger partial charge in [0.05, 0.1) is 38.0 Å². The molecule has 2 aliphatic rings. The van der Waals surface area contributed by atoms with Crippen LogP contribution >= 0.6 is 0 Å². The Morgan fingerprint density at radius 1 is 1.06 bits per heavy atom. The topological polar surface area (TPSA) is 56.6 Å². The van der Waals surface area contributed by atoms with Crippen LogP contribution in [0.25, 0.3) is 11.8 Å². The first-order chi connectivity index (χ1) is 16.6. The highest BCUT2D eigenvalue weighted by atomic mass is 16.5. The van der Waals surface area contributed by atoms with Crippen LogP contribution in [-0.4, -0.2) is 41.1 Å². The maximum Gasteiger partial charge on any atom is 0.250 e. The average Bonchev–Trinajstić information content (AvgIpc) is 3.30. The van der Waals surface area contributed by atoms with Crippen molar-refractivity contribution in [1.29, 1.82) is 0 Å². The van der Waals surface area contributed by atoms with Gasteiger partial charge in [-0.1, -0.05) is 12.1 Å². The molecule has 1 fully saturated rings. The van der Waals surface area contributed by atoms with Gasteiger partial charge in [0.25, 0.3) is 0 Å². The van der Waals surface area contributed by atoms with Gasteiger partial charge in [-0.2, -0.15) is 0 Å². The molecule has 1 aliphatic carbocycles. The molecule has 1 aliphatic heterocycles. The van der Waals surface area contributed by atoms with Gasteiger partial charge in [-0.15, -0.1) is 0 Å². The fourth-order valence-electron chi connectivity index (χ4n) is 5.22. The van der Waals surface area contributed by atoms with Crippen molar-refractivity contribution in [3.63, 3.8) is 0 Å². The molecule has 176 valence electrons. The lowest BCUT2D eigenvalue weighted by molar-refractivity contribution is -0.131. The van der Waals surface area contributed by atoms with Crippen molar-refractivity contribution in [2.45, 2.75) is 45.1 Å². The minimum absolute atomic E-state index is 0.108. The summed E-state index contributed by atoms with van der Waals surface area (Å²) in [5.74, 6) is 1.74. The molecule has 0 saturated carbocycles. The molecule has 34 heavy (non-hydrogen) atoms. The number of aromatic nitrogens is 2. The van der Waals surface area contributed by atoms with E-state index in [0.717, 1.165) is 72.7 Å². The number of rotatable bonds is 5. The van der Waals surface area contributed by atoms with E-state index < -0.39 is 0 Å². The van der Waals surface area contributed by atoms with E-state index in [4.69, 9.17) is 9.47 Å². The van der Waals surface area contributed by atoms with Crippen molar-refractivity contribution in [3.05, 3.63) is 76.9 Å². The number of fused-ring (bicyclic) bond motifs is 1. The fraction of sp³-hybridized carbons (Fsp3) is 0.357. The van der Waals surface area contributed by atoms with Crippen molar-refractivity contribution in [3.8, 4) is 17.2 Å². The summed E-state index contributed by atoms with van der Waals surface area (Å²) in [7, 11) is 3.36. The Balaban J connectivity index is 1.43. The lowest BCUT2D eigenvalue weighted by Gasteiger charge is -2.39. The SMILES string of the molecule is COc1ccc2c(c1)[C@@H](N1CCCC(=Cc3ccc(-n4cnc(C)c4)c(OC)c3)C1=O)CCC2. The van der Waals surface area contributed by atoms with Crippen molar-refractivity contribution in [2.24, 2.45) is 0 Å². The quantitative estimate of drug-likeness (QED) is 0.489. The van der Waals surface area contributed by atoms with Gasteiger partial charge in [-0.3, -0.25) is 4.79 Å². The number of aryl methyl sites for hydroxylation is 2. The van der Waals surface area contributed by atoms with Gasteiger partial charge < -0.3 is 18.9 Å². The summed E-state index contributed by atoms with van der Waals surface area (Å²) >= 11 is 0. The Morgan fingerprint density at radius 2 is 1.94 bits per heavy atom. The second-order valence-corrected chi connectivity index (χ2v) is 9.10. The first kappa shape index (κ1) is 22.3. The van der Waals surface area contributed by atoms with Crippen molar-refractivity contribution in [2.75, 3.05) is 20.8 Å². The molecule has 1 amide bonds. The number of hydrogen-bond donors (Lipinski definition) is 0. The zero-order chi connectivity index (χ0) is 23.7. The molecule has 1 saturated heterocycles. The van der Waals surface area contributed by atoms with Gasteiger partial charge in [0, 0.05) is 18.3 Å². The number of methoxy groups -OCH3 is 2. The van der Waals surface area contributed by atoms with Gasteiger partial charge in [0.15, 0.2) is 0 Å². The highest BCUT2D eigenvalue weighted by molar-refractivity contribution is 5.99. The summed E-state index contributed by atoms with van der Waals surface area (Å²) < 4.78 is 13.1. The summed E-state index contributed by atoms with van der Waals surface area (Å²) in [5.41, 5.74) is 6.26. The third-order valence-electron chi connectivity index (χ3n) is 6.93. The van der Waals surface area contributed by atoms with E-state index in [1.54, 1.807) is 20.5 Å². The van der Waals surface area contributed by atoms with Crippen LogP contribution < -0.4 is 9.47 Å². The van der Waals surface area contributed by atoms with E-state index in [1.165, 1.54) is 11.1 Å². The molecule has 0 N–H and O–H groups in total. The maximum atomic E-state index is 13.6. The molecule has 0 unspecified atom stereocenters. The lowest BCUT2D eigenvalue weighted by atomic mass is 9.85. The summed E-state index contributed by atoms with van der Waals surface area (Å²) in [6.07, 6.45) is 10.7. The molecule has 3 aromatic rings. The molecule has 5 rings (SSSR count). The molecule has 2 aromatic carbocycles. The minimum Gasteiger partial charge on any atom is -0.497 e. The van der Waals surface area contributed by atoms with Crippen LogP contribution in [-0.2, 0) is 11.2 Å². The van der Waals surface area contributed by atoms with Crippen LogP contribution in [0.15, 0.2) is 54.5 Å². The third kappa shape index (κ3) is 4.20. The number of nitrogens with zero attached hydrogens (tertiary/aromatic N) is 3. The van der Waals surface area contributed by atoms with Crippen LogP contribution in [0, 0.1) is 6.92 Å². The molecular weight excluding hydrogens is 426 g/mol. The minimum atomic E-state index is 0.108. The molecular formula is C28H31N3O3. The number of amides is 1. The van der Waals surface area contributed by atoms with Crippen LogP contribution in [0.2, 0.25) is 0 Å². The van der Waals surface area contributed by atoms with E-state index in [0.29, 0.717) is 0 Å². The number of ether oxygens (including phenoxy) is 2. The molecule has 0 spiro atoms. The smallest absolute Gasteiger partial charge is 0.250 e. The number of hydrogen-bond acceptors (Lipinski definition) is 4. The van der Waals surface area contributed by atoms with Crippen molar-refractivity contribution in [1.82, 2.24) is 14.5 Å². The monoisotopic (exact) mass is 457 g/mol. The van der Waals surface area contributed by atoms with E-state index in [-0.39, 0.29) is 11.9 Å². The lowest BCUT2D eigenvalue weighted by Crippen LogP contribution is -2.41. The molecule has 2 heterocycles. The first-order valence-corrected chi connectivity index (χ1v) is 11.9. The zero-order valence-corrected chi connectivity index (χ0v) is 20.1. The highest BCUT2D eigenvalue weighted by Gasteiger charge is 2.33. The van der Waals surface area contributed by atoms with Crippen LogP contribution in [0.1, 0.15) is 54.1 Å². The molecule has 1 atom stereocenters. The average molecular weight is 458 g/mol. The summed E-state index contributed by atoms with van der Waals surface area (Å²) in [6, 6.07) is 12.4. The number of likely N-dealkylation sites (tertiary alicyclic amines) is 1. The highest BCUT2D eigenvalue weighted by Crippen LogP contribution is 2.39. The van der Waals surface area contributed by atoms with E-state index >= 15 is 0 Å². The number of imidazole rings is 1. The zero-order valence-electron chi connectivity index (χ0n) is 20.1. The predicted octanol–water partition coefficient (Wildman–Crippen LogP) is 5.28. The number of carbonyl (C=O) groups excluding carboxylic acids is 1. The molecule has 0 bridgehead atoms. The summed E-state index contributed by atoms with van der Waals surface area (Å²) in [4.78, 5) is 20.0. The van der Waals surface area contributed by atoms with Gasteiger partial charge in [-0.25, -0.2) is 4.98 Å². The van der Waals surface area contributed by atoms with Gasteiger partial charge in [0.1, 0.15) is 11.5 Å². The molecule has 6 nitrogen and oxygen atoms in total. The van der Waals surface area contributed by atoms with Crippen molar-refractivity contribution >= 4 is 12.0 Å². The summed E-state index contributed by atoms with van der Waals surface area (Å²) in [5, 5.41) is 0. The fourth-order valence-corrected chi connectivity index (χ4v) is 5.22. The van der Waals surface area contributed by atoms with Gasteiger partial charge >= 0.3 is 0 Å². The number of carbonyl (C=O) groups is 1. The maximum absolute atomic E-state index is 13.6. The first-order valence-electron chi connectivity index (χ1n) is 11.9. The predicted molar refractivity (Wildman–Crippen MR) is 132 cm³/mol. The normalized spacial score (nSPS) is 19.3. The van der Waals surface area contributed by atoms with Gasteiger partial charge in [-0.05, 0) is 86.1 Å². The second-order valence-electron chi connectivity index (χ2n) is 9.10. The molecule has 6 heteroatoms. The number of benzene rings is 2. The third-order valence-corrected chi connectivity index (χ3v) is 6.93. The number of piperidine rings is 1. The largest absolute Gasteiger partial charge is 0.497 e. The van der Waals surface area contributed by atoms with E-state index in [2.05, 4.69) is 22.0 Å². The van der Waals surface area contributed by atoms with Crippen LogP contribution in [0.3, 0.4) is 0 Å². The Bertz CT molecular complexity index is 1240.